The van der Waals surface area contributed by atoms with E-state index in [-0.39, 0.29) is 5.91 Å². The summed E-state index contributed by atoms with van der Waals surface area (Å²) in [6, 6.07) is 0.709. The maximum atomic E-state index is 11.1. The third-order valence-corrected chi connectivity index (χ3v) is 3.24. The minimum atomic E-state index is 0.155. The molecular formula is C12H25N3O. The summed E-state index contributed by atoms with van der Waals surface area (Å²) in [6.45, 7) is 6.64. The Labute approximate surface area is 98.8 Å². The van der Waals surface area contributed by atoms with Crippen LogP contribution in [0.5, 0.6) is 0 Å². The molecule has 1 aliphatic rings. The monoisotopic (exact) mass is 227 g/mol. The molecule has 16 heavy (non-hydrogen) atoms. The molecule has 1 saturated heterocycles. The van der Waals surface area contributed by atoms with Crippen molar-refractivity contribution in [2.45, 2.75) is 38.6 Å². The molecule has 1 rings (SSSR count). The molecule has 0 spiro atoms. The number of amides is 1. The minimum absolute atomic E-state index is 0.155. The van der Waals surface area contributed by atoms with Gasteiger partial charge in [-0.15, -0.1) is 0 Å². The lowest BCUT2D eigenvalue weighted by Crippen LogP contribution is -2.42. The normalized spacial score (nSPS) is 18.6. The number of carbonyl (C=O) groups excluding carboxylic acids is 1. The standard InChI is InChI=1S/C12H25N3O/c1-3-14-11-6-9-15(10-7-11)8-4-5-12(16)13-2/h11,14H,3-10H2,1-2H3,(H,13,16). The van der Waals surface area contributed by atoms with Gasteiger partial charge in [0.1, 0.15) is 0 Å². The highest BCUT2D eigenvalue weighted by Gasteiger charge is 2.17. The summed E-state index contributed by atoms with van der Waals surface area (Å²) < 4.78 is 0. The number of nitrogens with one attached hydrogen (secondary N) is 2. The first-order chi connectivity index (χ1) is 7.76. The van der Waals surface area contributed by atoms with Gasteiger partial charge < -0.3 is 15.5 Å². The van der Waals surface area contributed by atoms with Crippen molar-refractivity contribution in [3.8, 4) is 0 Å². The Hall–Kier alpha value is -0.610. The van der Waals surface area contributed by atoms with Gasteiger partial charge in [-0.05, 0) is 45.4 Å². The number of rotatable bonds is 6. The molecule has 0 radical (unpaired) electrons. The Morgan fingerprint density at radius 1 is 1.38 bits per heavy atom. The first-order valence-electron chi connectivity index (χ1n) is 6.42. The summed E-state index contributed by atoms with van der Waals surface area (Å²) >= 11 is 0. The molecule has 2 N–H and O–H groups in total. The zero-order valence-corrected chi connectivity index (χ0v) is 10.6. The topological polar surface area (TPSA) is 44.4 Å². The predicted octanol–water partition coefficient (Wildman–Crippen LogP) is 0.587. The Kier molecular flexibility index (Phi) is 6.42. The largest absolute Gasteiger partial charge is 0.359 e. The van der Waals surface area contributed by atoms with E-state index < -0.39 is 0 Å². The van der Waals surface area contributed by atoms with E-state index in [9.17, 15) is 4.79 Å². The summed E-state index contributed by atoms with van der Waals surface area (Å²) in [5.41, 5.74) is 0. The average molecular weight is 227 g/mol. The second-order valence-electron chi connectivity index (χ2n) is 4.45. The van der Waals surface area contributed by atoms with Crippen LogP contribution in [0.15, 0.2) is 0 Å². The van der Waals surface area contributed by atoms with Gasteiger partial charge in [0.15, 0.2) is 0 Å². The molecule has 0 bridgehead atoms. The van der Waals surface area contributed by atoms with E-state index in [1.165, 1.54) is 25.9 Å². The molecular weight excluding hydrogens is 202 g/mol. The SMILES string of the molecule is CCNC1CCN(CCCC(=O)NC)CC1. The molecule has 1 amide bonds. The van der Waals surface area contributed by atoms with Crippen LogP contribution in [0, 0.1) is 0 Å². The van der Waals surface area contributed by atoms with Crippen molar-refractivity contribution in [3.05, 3.63) is 0 Å². The van der Waals surface area contributed by atoms with Crippen molar-refractivity contribution >= 4 is 5.91 Å². The van der Waals surface area contributed by atoms with Crippen LogP contribution in [-0.2, 0) is 4.79 Å². The summed E-state index contributed by atoms with van der Waals surface area (Å²) in [6.07, 6.45) is 4.12. The van der Waals surface area contributed by atoms with Crippen LogP contribution in [0.3, 0.4) is 0 Å². The molecule has 0 aromatic rings. The Morgan fingerprint density at radius 2 is 2.06 bits per heavy atom. The maximum absolute atomic E-state index is 11.1. The number of hydrogen-bond acceptors (Lipinski definition) is 3. The molecule has 4 nitrogen and oxygen atoms in total. The molecule has 1 fully saturated rings. The number of nitrogens with zero attached hydrogens (tertiary/aromatic N) is 1. The minimum Gasteiger partial charge on any atom is -0.359 e. The predicted molar refractivity (Wildman–Crippen MR) is 66.4 cm³/mol. The molecule has 1 heterocycles. The van der Waals surface area contributed by atoms with Crippen molar-refractivity contribution in [1.82, 2.24) is 15.5 Å². The van der Waals surface area contributed by atoms with E-state index in [0.717, 1.165) is 19.5 Å². The Bertz CT molecular complexity index is 200. The fourth-order valence-corrected chi connectivity index (χ4v) is 2.24. The Morgan fingerprint density at radius 3 is 2.62 bits per heavy atom. The fraction of sp³-hybridized carbons (Fsp3) is 0.917. The summed E-state index contributed by atoms with van der Waals surface area (Å²) in [5.74, 6) is 0.155. The van der Waals surface area contributed by atoms with E-state index in [1.807, 2.05) is 0 Å². The van der Waals surface area contributed by atoms with Gasteiger partial charge in [-0.3, -0.25) is 4.79 Å². The molecule has 0 saturated carbocycles. The van der Waals surface area contributed by atoms with Gasteiger partial charge in [0.05, 0.1) is 0 Å². The van der Waals surface area contributed by atoms with E-state index in [0.29, 0.717) is 12.5 Å². The van der Waals surface area contributed by atoms with Crippen molar-refractivity contribution in [1.29, 1.82) is 0 Å². The first-order valence-corrected chi connectivity index (χ1v) is 6.42. The van der Waals surface area contributed by atoms with Gasteiger partial charge in [-0.2, -0.15) is 0 Å². The zero-order chi connectivity index (χ0) is 11.8. The van der Waals surface area contributed by atoms with Crippen LogP contribution in [0.1, 0.15) is 32.6 Å². The first kappa shape index (κ1) is 13.5. The molecule has 94 valence electrons. The second kappa shape index (κ2) is 7.63. The molecule has 1 aliphatic heterocycles. The molecule has 0 aromatic heterocycles. The van der Waals surface area contributed by atoms with E-state index >= 15 is 0 Å². The van der Waals surface area contributed by atoms with Crippen molar-refractivity contribution < 1.29 is 4.79 Å². The van der Waals surface area contributed by atoms with Crippen LogP contribution < -0.4 is 10.6 Å². The quantitative estimate of drug-likeness (QED) is 0.698. The lowest BCUT2D eigenvalue weighted by molar-refractivity contribution is -0.120. The van der Waals surface area contributed by atoms with Crippen molar-refractivity contribution in [2.24, 2.45) is 0 Å². The van der Waals surface area contributed by atoms with Gasteiger partial charge in [-0.1, -0.05) is 6.92 Å². The summed E-state index contributed by atoms with van der Waals surface area (Å²) in [7, 11) is 1.70. The van der Waals surface area contributed by atoms with E-state index in [2.05, 4.69) is 22.5 Å². The zero-order valence-electron chi connectivity index (χ0n) is 10.6. The third-order valence-electron chi connectivity index (χ3n) is 3.24. The van der Waals surface area contributed by atoms with Crippen LogP contribution in [0.4, 0.5) is 0 Å². The van der Waals surface area contributed by atoms with Crippen molar-refractivity contribution in [2.75, 3.05) is 33.2 Å². The fourth-order valence-electron chi connectivity index (χ4n) is 2.24. The highest BCUT2D eigenvalue weighted by Crippen LogP contribution is 2.10. The lowest BCUT2D eigenvalue weighted by Gasteiger charge is -2.32. The van der Waals surface area contributed by atoms with E-state index in [4.69, 9.17) is 0 Å². The third kappa shape index (κ3) is 4.94. The number of hydrogen-bond donors (Lipinski definition) is 2. The molecule has 0 aromatic carbocycles. The second-order valence-corrected chi connectivity index (χ2v) is 4.45. The van der Waals surface area contributed by atoms with Crippen LogP contribution >= 0.6 is 0 Å². The van der Waals surface area contributed by atoms with Gasteiger partial charge in [0.2, 0.25) is 5.91 Å². The van der Waals surface area contributed by atoms with Crippen LogP contribution in [0.2, 0.25) is 0 Å². The maximum Gasteiger partial charge on any atom is 0.219 e. The smallest absolute Gasteiger partial charge is 0.219 e. The number of carbonyl (C=O) groups is 1. The molecule has 0 atom stereocenters. The van der Waals surface area contributed by atoms with Gasteiger partial charge in [0, 0.05) is 19.5 Å². The van der Waals surface area contributed by atoms with Crippen LogP contribution in [0.25, 0.3) is 0 Å². The molecule has 0 aliphatic carbocycles. The highest BCUT2D eigenvalue weighted by atomic mass is 16.1. The lowest BCUT2D eigenvalue weighted by atomic mass is 10.0. The van der Waals surface area contributed by atoms with Gasteiger partial charge in [0.25, 0.3) is 0 Å². The van der Waals surface area contributed by atoms with Gasteiger partial charge >= 0.3 is 0 Å². The Balaban J connectivity index is 2.06. The van der Waals surface area contributed by atoms with E-state index in [1.54, 1.807) is 7.05 Å². The number of likely N-dealkylation sites (tertiary alicyclic amines) is 1. The molecule has 0 unspecified atom stereocenters. The summed E-state index contributed by atoms with van der Waals surface area (Å²) in [5, 5.41) is 6.16. The van der Waals surface area contributed by atoms with Gasteiger partial charge in [-0.25, -0.2) is 0 Å². The summed E-state index contributed by atoms with van der Waals surface area (Å²) in [4.78, 5) is 13.5. The average Bonchev–Trinajstić information content (AvgIpc) is 2.31. The molecule has 4 heteroatoms. The highest BCUT2D eigenvalue weighted by molar-refractivity contribution is 5.75. The van der Waals surface area contributed by atoms with Crippen molar-refractivity contribution in [3.63, 3.8) is 0 Å². The van der Waals surface area contributed by atoms with Crippen LogP contribution in [-0.4, -0.2) is 50.1 Å². The number of piperidine rings is 1.